The highest BCUT2D eigenvalue weighted by atomic mass is 32.1. The minimum absolute atomic E-state index is 0.531. The lowest BCUT2D eigenvalue weighted by Crippen LogP contribution is -1.90. The summed E-state index contributed by atoms with van der Waals surface area (Å²) in [6.45, 7) is 2.96. The maximum atomic E-state index is 4.44. The van der Waals surface area contributed by atoms with Gasteiger partial charge in [-0.1, -0.05) is 19.8 Å². The number of rotatable bonds is 6. The molecule has 0 aromatic carbocycles. The third kappa shape index (κ3) is 10.2. The van der Waals surface area contributed by atoms with E-state index in [2.05, 4.69) is 41.9 Å². The molecule has 0 rings (SSSR count). The lowest BCUT2D eigenvalue weighted by atomic mass is 10.1. The van der Waals surface area contributed by atoms with Crippen LogP contribution < -0.4 is 0 Å². The molecule has 0 N–H and O–H groups in total. The maximum absolute atomic E-state index is 4.44. The number of isothiocyanates is 1. The van der Waals surface area contributed by atoms with Gasteiger partial charge in [-0.3, -0.25) is 0 Å². The number of nitrogens with zero attached hydrogens (tertiary/aromatic N) is 1. The molecule has 64 valence electrons. The van der Waals surface area contributed by atoms with Crippen LogP contribution in [0.15, 0.2) is 4.99 Å². The van der Waals surface area contributed by atoms with Crippen molar-refractivity contribution in [3.05, 3.63) is 0 Å². The predicted molar refractivity (Wildman–Crippen MR) is 56.8 cm³/mol. The van der Waals surface area contributed by atoms with Crippen LogP contribution >= 0.6 is 24.8 Å². The van der Waals surface area contributed by atoms with E-state index in [0.29, 0.717) is 5.25 Å². The molecule has 0 aliphatic heterocycles. The summed E-state index contributed by atoms with van der Waals surface area (Å²) in [5.41, 5.74) is 0. The van der Waals surface area contributed by atoms with Crippen molar-refractivity contribution in [2.24, 2.45) is 4.99 Å². The van der Waals surface area contributed by atoms with Crippen molar-refractivity contribution in [1.29, 1.82) is 0 Å². The smallest absolute Gasteiger partial charge is 0.0584 e. The number of aliphatic imine (C=N–C) groups is 1. The van der Waals surface area contributed by atoms with Gasteiger partial charge in [-0.25, -0.2) is 4.99 Å². The van der Waals surface area contributed by atoms with Gasteiger partial charge < -0.3 is 0 Å². The Bertz CT molecular complexity index is 128. The van der Waals surface area contributed by atoms with Crippen LogP contribution in [0.2, 0.25) is 0 Å². The van der Waals surface area contributed by atoms with Crippen LogP contribution in [-0.4, -0.2) is 17.0 Å². The monoisotopic (exact) mass is 189 g/mol. The van der Waals surface area contributed by atoms with Crippen LogP contribution in [0.1, 0.15) is 32.6 Å². The van der Waals surface area contributed by atoms with E-state index in [1.807, 2.05) is 0 Å². The molecule has 0 heterocycles. The third-order valence-electron chi connectivity index (χ3n) is 1.46. The van der Waals surface area contributed by atoms with Crippen LogP contribution in [0.3, 0.4) is 0 Å². The Hall–Kier alpha value is 0.150. The fourth-order valence-corrected chi connectivity index (χ4v) is 1.13. The van der Waals surface area contributed by atoms with Crippen LogP contribution in [0.5, 0.6) is 0 Å². The molecule has 1 atom stereocenters. The highest BCUT2D eigenvalue weighted by Crippen LogP contribution is 2.07. The van der Waals surface area contributed by atoms with Crippen molar-refractivity contribution >= 4 is 30.0 Å². The summed E-state index contributed by atoms with van der Waals surface area (Å²) in [7, 11) is 0. The summed E-state index contributed by atoms with van der Waals surface area (Å²) in [6.07, 6.45) is 4.80. The number of hydrogen-bond acceptors (Lipinski definition) is 3. The van der Waals surface area contributed by atoms with Crippen molar-refractivity contribution in [1.82, 2.24) is 0 Å². The first-order valence-corrected chi connectivity index (χ1v) is 4.91. The zero-order chi connectivity index (χ0) is 8.53. The second-order valence-corrected chi connectivity index (χ2v) is 3.74. The van der Waals surface area contributed by atoms with Gasteiger partial charge in [0, 0.05) is 6.54 Å². The van der Waals surface area contributed by atoms with Crippen molar-refractivity contribution in [3.8, 4) is 0 Å². The minimum Gasteiger partial charge on any atom is -0.233 e. The van der Waals surface area contributed by atoms with E-state index in [1.165, 1.54) is 19.3 Å². The van der Waals surface area contributed by atoms with E-state index < -0.39 is 0 Å². The average Bonchev–Trinajstić information content (AvgIpc) is 1.96. The Kier molecular flexibility index (Phi) is 8.36. The summed E-state index contributed by atoms with van der Waals surface area (Å²) in [5.74, 6) is 0. The predicted octanol–water partition coefficient (Wildman–Crippen LogP) is 2.97. The molecular weight excluding hydrogens is 174 g/mol. The van der Waals surface area contributed by atoms with Gasteiger partial charge in [0.1, 0.15) is 0 Å². The molecule has 1 nitrogen and oxygen atoms in total. The van der Waals surface area contributed by atoms with Gasteiger partial charge in [-0.15, -0.1) is 0 Å². The average molecular weight is 189 g/mol. The van der Waals surface area contributed by atoms with Crippen LogP contribution in [0, 0.1) is 0 Å². The normalized spacial score (nSPS) is 12.2. The van der Waals surface area contributed by atoms with E-state index in [1.54, 1.807) is 0 Å². The quantitative estimate of drug-likeness (QED) is 0.293. The molecule has 0 amide bonds. The van der Waals surface area contributed by atoms with Crippen molar-refractivity contribution in [3.63, 3.8) is 0 Å². The molecule has 0 aromatic heterocycles. The van der Waals surface area contributed by atoms with Crippen molar-refractivity contribution < 1.29 is 0 Å². The Labute approximate surface area is 79.7 Å². The maximum Gasteiger partial charge on any atom is 0.0584 e. The SMILES string of the molecule is CC(S)CCCCCN=C=S. The molecule has 1 unspecified atom stereocenters. The van der Waals surface area contributed by atoms with Gasteiger partial charge in [0.25, 0.3) is 0 Å². The van der Waals surface area contributed by atoms with E-state index in [9.17, 15) is 0 Å². The lowest BCUT2D eigenvalue weighted by Gasteiger charge is -2.01. The third-order valence-corrected chi connectivity index (χ3v) is 1.84. The summed E-state index contributed by atoms with van der Waals surface area (Å²) in [5, 5.41) is 2.89. The highest BCUT2D eigenvalue weighted by molar-refractivity contribution is 7.80. The zero-order valence-corrected chi connectivity index (χ0v) is 8.63. The van der Waals surface area contributed by atoms with Gasteiger partial charge in [0.05, 0.1) is 5.16 Å². The molecule has 3 heteroatoms. The summed E-state index contributed by atoms with van der Waals surface area (Å²) < 4.78 is 0. The molecule has 0 bridgehead atoms. The molecule has 0 saturated carbocycles. The molecule has 0 spiro atoms. The second kappa shape index (κ2) is 8.25. The molecule has 11 heavy (non-hydrogen) atoms. The van der Waals surface area contributed by atoms with Crippen LogP contribution in [0.25, 0.3) is 0 Å². The minimum atomic E-state index is 0.531. The molecule has 0 fully saturated rings. The fraction of sp³-hybridized carbons (Fsp3) is 0.875. The van der Waals surface area contributed by atoms with Crippen LogP contribution in [-0.2, 0) is 0 Å². The van der Waals surface area contributed by atoms with Gasteiger partial charge in [-0.2, -0.15) is 12.6 Å². The largest absolute Gasteiger partial charge is 0.233 e. The summed E-state index contributed by atoms with van der Waals surface area (Å²) >= 11 is 8.73. The first-order valence-electron chi connectivity index (χ1n) is 3.99. The Morgan fingerprint density at radius 3 is 2.73 bits per heavy atom. The molecule has 0 aliphatic carbocycles. The van der Waals surface area contributed by atoms with E-state index in [4.69, 9.17) is 0 Å². The van der Waals surface area contributed by atoms with Gasteiger partial charge in [-0.05, 0) is 30.3 Å². The standard InChI is InChI=1S/C8H15NS2/c1-8(11)5-3-2-4-6-9-7-10/h8,11H,2-6H2,1H3. The lowest BCUT2D eigenvalue weighted by molar-refractivity contribution is 0.647. The van der Waals surface area contributed by atoms with E-state index >= 15 is 0 Å². The van der Waals surface area contributed by atoms with E-state index in [0.717, 1.165) is 13.0 Å². The first-order chi connectivity index (χ1) is 5.27. The molecular formula is C8H15NS2. The Morgan fingerprint density at radius 2 is 2.18 bits per heavy atom. The highest BCUT2D eigenvalue weighted by Gasteiger charge is 1.93. The zero-order valence-electron chi connectivity index (χ0n) is 6.92. The first kappa shape index (κ1) is 11.2. The topological polar surface area (TPSA) is 12.4 Å². The second-order valence-electron chi connectivity index (χ2n) is 2.67. The molecule has 0 aliphatic rings. The molecule has 0 radical (unpaired) electrons. The van der Waals surface area contributed by atoms with Gasteiger partial charge >= 0.3 is 0 Å². The Morgan fingerprint density at radius 1 is 1.45 bits per heavy atom. The van der Waals surface area contributed by atoms with Gasteiger partial charge in [0.15, 0.2) is 0 Å². The number of thiocarbonyl (C=S) groups is 1. The fourth-order valence-electron chi connectivity index (χ4n) is 0.853. The molecule has 0 aromatic rings. The van der Waals surface area contributed by atoms with Gasteiger partial charge in [0.2, 0.25) is 0 Å². The van der Waals surface area contributed by atoms with E-state index in [-0.39, 0.29) is 0 Å². The van der Waals surface area contributed by atoms with Crippen LogP contribution in [0.4, 0.5) is 0 Å². The number of thiol groups is 1. The number of unbranched alkanes of at least 4 members (excludes halogenated alkanes) is 2. The number of hydrogen-bond donors (Lipinski definition) is 1. The molecule has 0 saturated heterocycles. The Balaban J connectivity index is 2.96. The summed E-state index contributed by atoms with van der Waals surface area (Å²) in [4.78, 5) is 3.83. The summed E-state index contributed by atoms with van der Waals surface area (Å²) in [6, 6.07) is 0. The van der Waals surface area contributed by atoms with Crippen molar-refractivity contribution in [2.45, 2.75) is 37.9 Å². The van der Waals surface area contributed by atoms with Crippen molar-refractivity contribution in [2.75, 3.05) is 6.54 Å².